The van der Waals surface area contributed by atoms with Crippen molar-refractivity contribution in [2.45, 2.75) is 208 Å². The maximum Gasteiger partial charge on any atom is 0.157 e. The Bertz CT molecular complexity index is 4100. The molecule has 0 radical (unpaired) electrons. The topological polar surface area (TPSA) is 280 Å². The number of rotatable bonds is 12. The maximum atomic E-state index is 13.5. The molecule has 0 aliphatic heterocycles. The summed E-state index contributed by atoms with van der Waals surface area (Å²) in [5.41, 5.74) is 2.86. The van der Waals surface area contributed by atoms with Crippen LogP contribution < -0.4 is 18.9 Å². The predicted octanol–water partition coefficient (Wildman–Crippen LogP) is 19.6. The lowest BCUT2D eigenvalue weighted by atomic mass is 9.71. The Balaban J connectivity index is 1.23. The number of aromatic hydroxyl groups is 12. The fraction of sp³-hybridized carbons (Fsp3) is 0.455. The monoisotopic (exact) mass is 1420 g/mol. The molecule has 104 heavy (non-hydrogen) atoms. The zero-order valence-corrected chi connectivity index (χ0v) is 62.0. The summed E-state index contributed by atoms with van der Waals surface area (Å²) in [5.74, 6) is -7.89. The molecule has 8 aromatic rings. The molecule has 0 spiro atoms. The Morgan fingerprint density at radius 2 is 0.423 bits per heavy atom. The van der Waals surface area contributed by atoms with Gasteiger partial charge < -0.3 is 80.2 Å². The molecule has 0 heterocycles. The average molecular weight is 1420 g/mol. The van der Waals surface area contributed by atoms with Crippen molar-refractivity contribution in [2.75, 3.05) is 0 Å². The molecule has 8 atom stereocenters. The Kier molecular flexibility index (Phi) is 19.3. The molecule has 8 unspecified atom stereocenters. The Morgan fingerprint density at radius 3 is 0.606 bits per heavy atom. The highest BCUT2D eigenvalue weighted by molar-refractivity contribution is 5.69. The van der Waals surface area contributed by atoms with Crippen molar-refractivity contribution in [3.63, 3.8) is 0 Å². The zero-order chi connectivity index (χ0) is 74.5. The molecule has 5 aliphatic carbocycles. The molecule has 0 amide bonds. The molecule has 16 heteroatoms. The number of phenols is 12. The maximum absolute atomic E-state index is 13.5. The second kappa shape index (κ2) is 27.6. The first kappa shape index (κ1) is 72.9. The standard InChI is InChI=1S/C88H104O16/c1-45-21-53(41-85(5,6)37-45)101-77-33-69(93)57-29-61(77)83(51-15-19-67(91)75(99)27-51)62-30-58(70(94)34-78(62)102-54-22-46(2)38-86(7,8)42-54)82(50-14-18-66(90)74(98)26-50)60-32-64(80(36-72(60)96)104-56-24-48(4)40-88(11,12)44-56)84(52-16-20-68(92)76(100)28-52)63-31-59(81(57)49-13-17-65(89)73(97)25-49)71(95)35-79(63)103-55-23-47(3)39-87(9,10)43-55/h13-20,25-36,45-48,53-56,81-84,89-100H,21-24,37-44H2,1-12H3. The molecule has 0 aromatic heterocycles. The molecule has 8 bridgehead atoms. The molecule has 4 saturated carbocycles. The van der Waals surface area contributed by atoms with E-state index in [1.165, 1.54) is 48.5 Å². The van der Waals surface area contributed by atoms with E-state index in [-0.39, 0.29) is 114 Å². The number of hydrogen-bond donors (Lipinski definition) is 12. The lowest BCUT2D eigenvalue weighted by molar-refractivity contribution is 0.0541. The van der Waals surface area contributed by atoms with Crippen LogP contribution in [0.4, 0.5) is 0 Å². The molecule has 8 aromatic carbocycles. The minimum atomic E-state index is -1.28. The van der Waals surface area contributed by atoms with Crippen LogP contribution in [-0.2, 0) is 0 Å². The fourth-order valence-corrected chi connectivity index (χ4v) is 19.7. The molecule has 16 nitrogen and oxygen atoms in total. The van der Waals surface area contributed by atoms with E-state index in [0.717, 1.165) is 25.7 Å². The van der Waals surface area contributed by atoms with Gasteiger partial charge in [0.2, 0.25) is 0 Å². The SMILES string of the molecule is CC1CC(Oc2cc(O)c3cc2C(c2ccc(O)c(O)c2)c2cc(c(O)cc2OC2CC(C)CC(C)(C)C2)C(c2ccc(O)c(O)c2)c2cc(c(OC4CC(C)CC(C)(C)C4)cc2O)C(c2ccc(O)c(O)c2)c2cc(c(O)cc2OC2CC(C)CC(C)(C)C2)C3c2ccc(O)c(O)c2)CC(C)(C)C1. The van der Waals surface area contributed by atoms with Crippen molar-refractivity contribution in [2.24, 2.45) is 45.3 Å². The van der Waals surface area contributed by atoms with Gasteiger partial charge in [-0.1, -0.05) is 107 Å². The van der Waals surface area contributed by atoms with Gasteiger partial charge in [0.05, 0.1) is 24.4 Å². The highest BCUT2D eigenvalue weighted by atomic mass is 16.5. The quantitative estimate of drug-likeness (QED) is 0.0507. The van der Waals surface area contributed by atoms with Gasteiger partial charge >= 0.3 is 0 Å². The normalized spacial score (nSPS) is 26.2. The van der Waals surface area contributed by atoms with Gasteiger partial charge in [-0.25, -0.2) is 0 Å². The van der Waals surface area contributed by atoms with Crippen LogP contribution in [-0.4, -0.2) is 85.7 Å². The van der Waals surface area contributed by atoms with Gasteiger partial charge in [-0.3, -0.25) is 0 Å². The van der Waals surface area contributed by atoms with Crippen LogP contribution in [0.5, 0.6) is 92.0 Å². The van der Waals surface area contributed by atoms with Gasteiger partial charge in [-0.05, 0) is 217 Å². The molecular formula is C88H104O16. The predicted molar refractivity (Wildman–Crippen MR) is 400 cm³/mol. The highest BCUT2D eigenvalue weighted by Gasteiger charge is 2.43. The largest absolute Gasteiger partial charge is 0.507 e. The van der Waals surface area contributed by atoms with E-state index in [2.05, 4.69) is 83.1 Å². The van der Waals surface area contributed by atoms with E-state index < -0.39 is 94.1 Å². The van der Waals surface area contributed by atoms with E-state index in [0.29, 0.717) is 95.9 Å². The van der Waals surface area contributed by atoms with E-state index >= 15 is 0 Å². The van der Waals surface area contributed by atoms with Crippen molar-refractivity contribution >= 4 is 0 Å². The van der Waals surface area contributed by atoms with Crippen molar-refractivity contribution in [3.8, 4) is 92.0 Å². The summed E-state index contributed by atoms with van der Waals surface area (Å²) in [5, 5.41) is 146. The molecule has 13 rings (SSSR count). The van der Waals surface area contributed by atoms with Crippen LogP contribution >= 0.6 is 0 Å². The average Bonchev–Trinajstić information content (AvgIpc) is 0.735. The number of ether oxygens (including phenoxy) is 4. The summed E-state index contributed by atoms with van der Waals surface area (Å²) in [6.07, 6.45) is 7.18. The molecule has 4 fully saturated rings. The molecule has 552 valence electrons. The van der Waals surface area contributed by atoms with Crippen molar-refractivity contribution < 1.29 is 80.2 Å². The minimum Gasteiger partial charge on any atom is -0.507 e. The Morgan fingerprint density at radius 1 is 0.231 bits per heavy atom. The second-order valence-electron chi connectivity index (χ2n) is 35.1. The zero-order valence-electron chi connectivity index (χ0n) is 62.0. The van der Waals surface area contributed by atoms with Gasteiger partial charge in [0.25, 0.3) is 0 Å². The molecule has 12 N–H and O–H groups in total. The highest BCUT2D eigenvalue weighted by Crippen LogP contribution is 2.58. The van der Waals surface area contributed by atoms with Crippen LogP contribution in [0.25, 0.3) is 0 Å². The van der Waals surface area contributed by atoms with Crippen LogP contribution in [0.2, 0.25) is 0 Å². The Labute approximate surface area is 610 Å². The van der Waals surface area contributed by atoms with Gasteiger partial charge in [0.1, 0.15) is 46.0 Å². The van der Waals surface area contributed by atoms with E-state index in [1.54, 1.807) is 72.8 Å². The van der Waals surface area contributed by atoms with Crippen molar-refractivity contribution in [3.05, 3.63) is 188 Å². The number of hydrogen-bond acceptors (Lipinski definition) is 16. The van der Waals surface area contributed by atoms with E-state index in [4.69, 9.17) is 18.9 Å². The van der Waals surface area contributed by atoms with Gasteiger partial charge in [-0.2, -0.15) is 0 Å². The van der Waals surface area contributed by atoms with Crippen LogP contribution in [0.15, 0.2) is 121 Å². The molecular weight excluding hydrogens is 1310 g/mol. The number of phenolic OH excluding ortho intramolecular Hbond substituents is 12. The lowest BCUT2D eigenvalue weighted by Crippen LogP contribution is -2.35. The smallest absolute Gasteiger partial charge is 0.157 e. The third kappa shape index (κ3) is 15.1. The summed E-state index contributed by atoms with van der Waals surface area (Å²) in [6.45, 7) is 26.4. The van der Waals surface area contributed by atoms with Gasteiger partial charge in [0.15, 0.2) is 46.0 Å². The van der Waals surface area contributed by atoms with Crippen LogP contribution in [0.1, 0.15) is 251 Å². The first-order valence-electron chi connectivity index (χ1n) is 37.1. The first-order chi connectivity index (χ1) is 48.9. The summed E-state index contributed by atoms with van der Waals surface area (Å²) in [7, 11) is 0. The number of fused-ring (bicyclic) bond motifs is 8. The van der Waals surface area contributed by atoms with Crippen LogP contribution in [0, 0.1) is 45.3 Å². The first-order valence-corrected chi connectivity index (χ1v) is 37.1. The minimum absolute atomic E-state index is 0.165. The van der Waals surface area contributed by atoms with Gasteiger partial charge in [-0.15, -0.1) is 0 Å². The number of benzene rings is 8. The van der Waals surface area contributed by atoms with E-state index in [1.807, 2.05) is 0 Å². The second-order valence-corrected chi connectivity index (χ2v) is 35.1. The summed E-state index contributed by atoms with van der Waals surface area (Å²) >= 11 is 0. The third-order valence-corrected chi connectivity index (χ3v) is 23.0. The summed E-state index contributed by atoms with van der Waals surface area (Å²) in [6, 6.07) is 31.0. The van der Waals surface area contributed by atoms with E-state index in [9.17, 15) is 61.3 Å². The molecule has 0 saturated heterocycles. The van der Waals surface area contributed by atoms with Crippen molar-refractivity contribution in [1.82, 2.24) is 0 Å². The molecule has 5 aliphatic rings. The van der Waals surface area contributed by atoms with Crippen LogP contribution in [0.3, 0.4) is 0 Å². The Hall–Kier alpha value is -9.44. The third-order valence-electron chi connectivity index (χ3n) is 23.0. The summed E-state index contributed by atoms with van der Waals surface area (Å²) in [4.78, 5) is 0. The van der Waals surface area contributed by atoms with Gasteiger partial charge in [0, 0.05) is 92.4 Å². The fourth-order valence-electron chi connectivity index (χ4n) is 19.7. The summed E-state index contributed by atoms with van der Waals surface area (Å²) < 4.78 is 29.7. The lowest BCUT2D eigenvalue weighted by Gasteiger charge is -2.40. The van der Waals surface area contributed by atoms with Crippen molar-refractivity contribution in [1.29, 1.82) is 0 Å².